The molecule has 1 aliphatic rings. The number of ether oxygens (including phenoxy) is 1. The summed E-state index contributed by atoms with van der Waals surface area (Å²) in [6.07, 6.45) is 27.9. The van der Waals surface area contributed by atoms with E-state index in [4.69, 9.17) is 4.74 Å². The molecular weight excluding hydrogens is 420 g/mol. The van der Waals surface area contributed by atoms with Gasteiger partial charge in [-0.1, -0.05) is 130 Å². The largest absolute Gasteiger partial charge is 0.512 e. The molecule has 200 valence electrons. The number of carbonyl (C=O) groups excluding carboxylic acids is 1. The van der Waals surface area contributed by atoms with Gasteiger partial charge < -0.3 is 9.84 Å². The predicted molar refractivity (Wildman–Crippen MR) is 146 cm³/mol. The molecule has 0 aliphatic carbocycles. The predicted octanol–water partition coefficient (Wildman–Crippen LogP) is 10.5. The number of rotatable bonds is 23. The Balaban J connectivity index is 2.55. The Morgan fingerprint density at radius 1 is 0.618 bits per heavy atom. The Bertz CT molecular complexity index is 517. The molecule has 0 aromatic rings. The first-order valence-electron chi connectivity index (χ1n) is 15.2. The molecular formula is C31H58O3. The summed E-state index contributed by atoms with van der Waals surface area (Å²) in [6, 6.07) is 0. The molecule has 0 aromatic carbocycles. The Morgan fingerprint density at radius 2 is 1.00 bits per heavy atom. The van der Waals surface area contributed by atoms with Crippen LogP contribution >= 0.6 is 0 Å². The highest BCUT2D eigenvalue weighted by atomic mass is 16.6. The van der Waals surface area contributed by atoms with Gasteiger partial charge in [0.25, 0.3) is 0 Å². The van der Waals surface area contributed by atoms with Crippen LogP contribution in [0.2, 0.25) is 0 Å². The lowest BCUT2D eigenvalue weighted by atomic mass is 9.83. The molecule has 0 radical (unpaired) electrons. The first kappa shape index (κ1) is 31.0. The van der Waals surface area contributed by atoms with E-state index in [1.165, 1.54) is 103 Å². The normalized spacial score (nSPS) is 15.7. The summed E-state index contributed by atoms with van der Waals surface area (Å²) in [4.78, 5) is 12.9. The summed E-state index contributed by atoms with van der Waals surface area (Å²) < 4.78 is 6.18. The minimum Gasteiger partial charge on any atom is -0.512 e. The van der Waals surface area contributed by atoms with Crippen molar-refractivity contribution in [2.75, 3.05) is 0 Å². The average Bonchev–Trinajstić information content (AvgIpc) is 2.81. The van der Waals surface area contributed by atoms with Gasteiger partial charge in [-0.25, -0.2) is 4.79 Å². The van der Waals surface area contributed by atoms with Crippen LogP contribution in [-0.2, 0) is 9.53 Å². The molecule has 0 aromatic heterocycles. The summed E-state index contributed by atoms with van der Waals surface area (Å²) >= 11 is 0. The van der Waals surface area contributed by atoms with Crippen LogP contribution in [-0.4, -0.2) is 16.7 Å². The number of aliphatic hydroxyl groups excluding tert-OH is 1. The smallest absolute Gasteiger partial charge is 0.337 e. The Kier molecular flexibility index (Phi) is 18.5. The average molecular weight is 479 g/mol. The SMILES string of the molecule is CCCCCCCCCCC1(CCCCCCCCCC)CC(O)=C(CCCCCC)C(=O)O1. The van der Waals surface area contributed by atoms with Crippen molar-refractivity contribution in [2.24, 2.45) is 0 Å². The number of aliphatic hydroxyl groups is 1. The Hall–Kier alpha value is -0.990. The first-order valence-corrected chi connectivity index (χ1v) is 15.2. The van der Waals surface area contributed by atoms with Crippen molar-refractivity contribution >= 4 is 5.97 Å². The molecule has 1 heterocycles. The number of hydrogen-bond acceptors (Lipinski definition) is 3. The molecule has 0 unspecified atom stereocenters. The van der Waals surface area contributed by atoms with Gasteiger partial charge in [0.05, 0.1) is 5.57 Å². The van der Waals surface area contributed by atoms with Gasteiger partial charge in [-0.2, -0.15) is 0 Å². The summed E-state index contributed by atoms with van der Waals surface area (Å²) in [6.45, 7) is 6.71. The zero-order valence-electron chi connectivity index (χ0n) is 23.2. The van der Waals surface area contributed by atoms with E-state index in [1.807, 2.05) is 0 Å². The standard InChI is InChI=1S/C31H58O3/c1-4-7-10-13-15-17-19-22-25-31(26-23-20-18-16-14-11-8-5-2)27-29(32)28(30(33)34-31)24-21-12-9-6-3/h32H,4-27H2,1-3H3. The fraction of sp³-hybridized carbons (Fsp3) is 0.903. The quantitative estimate of drug-likeness (QED) is 0.117. The van der Waals surface area contributed by atoms with E-state index < -0.39 is 5.60 Å². The van der Waals surface area contributed by atoms with Crippen molar-refractivity contribution in [1.82, 2.24) is 0 Å². The van der Waals surface area contributed by atoms with E-state index in [2.05, 4.69) is 20.8 Å². The monoisotopic (exact) mass is 478 g/mol. The Morgan fingerprint density at radius 3 is 1.41 bits per heavy atom. The summed E-state index contributed by atoms with van der Waals surface area (Å²) in [5, 5.41) is 10.9. The van der Waals surface area contributed by atoms with Crippen LogP contribution in [0.3, 0.4) is 0 Å². The molecule has 34 heavy (non-hydrogen) atoms. The second kappa shape index (κ2) is 20.2. The van der Waals surface area contributed by atoms with Crippen LogP contribution in [0.15, 0.2) is 11.3 Å². The van der Waals surface area contributed by atoms with Crippen molar-refractivity contribution in [3.05, 3.63) is 11.3 Å². The highest BCUT2D eigenvalue weighted by molar-refractivity contribution is 5.90. The van der Waals surface area contributed by atoms with Crippen LogP contribution in [0.5, 0.6) is 0 Å². The molecule has 0 fully saturated rings. The minimum absolute atomic E-state index is 0.237. The van der Waals surface area contributed by atoms with Crippen molar-refractivity contribution in [2.45, 2.75) is 180 Å². The van der Waals surface area contributed by atoms with Crippen molar-refractivity contribution in [1.29, 1.82) is 0 Å². The summed E-state index contributed by atoms with van der Waals surface area (Å²) in [7, 11) is 0. The zero-order chi connectivity index (χ0) is 24.9. The maximum atomic E-state index is 12.9. The molecule has 3 nitrogen and oxygen atoms in total. The lowest BCUT2D eigenvalue weighted by molar-refractivity contribution is -0.161. The third kappa shape index (κ3) is 13.8. The molecule has 0 amide bonds. The van der Waals surface area contributed by atoms with Crippen molar-refractivity contribution in [3.63, 3.8) is 0 Å². The van der Waals surface area contributed by atoms with Gasteiger partial charge in [0.1, 0.15) is 11.4 Å². The van der Waals surface area contributed by atoms with Gasteiger partial charge in [-0.3, -0.25) is 0 Å². The maximum Gasteiger partial charge on any atom is 0.337 e. The second-order valence-corrected chi connectivity index (χ2v) is 10.9. The maximum absolute atomic E-state index is 12.9. The molecule has 0 atom stereocenters. The lowest BCUT2D eigenvalue weighted by Crippen LogP contribution is -2.40. The zero-order valence-corrected chi connectivity index (χ0v) is 23.2. The van der Waals surface area contributed by atoms with E-state index in [0.29, 0.717) is 24.2 Å². The van der Waals surface area contributed by atoms with Gasteiger partial charge in [-0.05, 0) is 38.5 Å². The molecule has 1 N–H and O–H groups in total. The van der Waals surface area contributed by atoms with Gasteiger partial charge in [0.15, 0.2) is 0 Å². The van der Waals surface area contributed by atoms with Crippen LogP contribution in [0.25, 0.3) is 0 Å². The lowest BCUT2D eigenvalue weighted by Gasteiger charge is -2.37. The van der Waals surface area contributed by atoms with Crippen LogP contribution in [0.1, 0.15) is 175 Å². The van der Waals surface area contributed by atoms with Crippen LogP contribution in [0.4, 0.5) is 0 Å². The third-order valence-corrected chi connectivity index (χ3v) is 7.65. The van der Waals surface area contributed by atoms with Gasteiger partial charge in [-0.15, -0.1) is 0 Å². The van der Waals surface area contributed by atoms with Crippen molar-refractivity contribution < 1.29 is 14.6 Å². The highest BCUT2D eigenvalue weighted by Crippen LogP contribution is 2.39. The molecule has 0 spiro atoms. The van der Waals surface area contributed by atoms with Crippen LogP contribution in [0, 0.1) is 0 Å². The van der Waals surface area contributed by atoms with Gasteiger partial charge in [0, 0.05) is 6.42 Å². The molecule has 0 saturated heterocycles. The number of cyclic esters (lactones) is 1. The van der Waals surface area contributed by atoms with E-state index >= 15 is 0 Å². The molecule has 3 heteroatoms. The van der Waals surface area contributed by atoms with E-state index in [0.717, 1.165) is 38.5 Å². The fourth-order valence-corrected chi connectivity index (χ4v) is 5.36. The molecule has 1 aliphatic heterocycles. The number of esters is 1. The Labute approximate surface area is 212 Å². The summed E-state index contributed by atoms with van der Waals surface area (Å²) in [5.74, 6) is 0.0891. The fourth-order valence-electron chi connectivity index (χ4n) is 5.36. The summed E-state index contributed by atoms with van der Waals surface area (Å²) in [5.41, 5.74) is 0.0805. The number of hydrogen-bond donors (Lipinski definition) is 1. The van der Waals surface area contributed by atoms with E-state index in [-0.39, 0.29) is 5.97 Å². The molecule has 0 bridgehead atoms. The number of carbonyl (C=O) groups is 1. The van der Waals surface area contributed by atoms with Crippen molar-refractivity contribution in [3.8, 4) is 0 Å². The number of unbranched alkanes of at least 4 members (excludes halogenated alkanes) is 17. The highest BCUT2D eigenvalue weighted by Gasteiger charge is 2.40. The third-order valence-electron chi connectivity index (χ3n) is 7.65. The minimum atomic E-state index is -0.474. The van der Waals surface area contributed by atoms with Gasteiger partial charge in [0.2, 0.25) is 0 Å². The topological polar surface area (TPSA) is 46.5 Å². The molecule has 0 saturated carbocycles. The van der Waals surface area contributed by atoms with Crippen LogP contribution < -0.4 is 0 Å². The molecule has 1 rings (SSSR count). The second-order valence-electron chi connectivity index (χ2n) is 10.9. The first-order chi connectivity index (χ1) is 16.6. The van der Waals surface area contributed by atoms with E-state index in [1.54, 1.807) is 0 Å². The van der Waals surface area contributed by atoms with E-state index in [9.17, 15) is 9.90 Å². The van der Waals surface area contributed by atoms with Gasteiger partial charge >= 0.3 is 5.97 Å².